The quantitative estimate of drug-likeness (QED) is 0.728. The Bertz CT molecular complexity index is 362. The second-order valence-corrected chi connectivity index (χ2v) is 6.17. The Kier molecular flexibility index (Phi) is 8.20. The predicted molar refractivity (Wildman–Crippen MR) is 89.4 cm³/mol. The van der Waals surface area contributed by atoms with E-state index >= 15 is 0 Å². The van der Waals surface area contributed by atoms with E-state index in [-0.39, 0.29) is 0 Å². The van der Waals surface area contributed by atoms with E-state index in [1.54, 1.807) is 0 Å². The van der Waals surface area contributed by atoms with Gasteiger partial charge in [0.2, 0.25) is 0 Å². The molecule has 1 aromatic rings. The fourth-order valence-corrected chi connectivity index (χ4v) is 2.66. The van der Waals surface area contributed by atoms with Crippen molar-refractivity contribution in [2.24, 2.45) is 5.92 Å². The van der Waals surface area contributed by atoms with Crippen LogP contribution in [0.25, 0.3) is 0 Å². The van der Waals surface area contributed by atoms with Gasteiger partial charge in [0.15, 0.2) is 0 Å². The van der Waals surface area contributed by atoms with E-state index in [1.165, 1.54) is 12.1 Å². The molecule has 2 nitrogen and oxygen atoms in total. The van der Waals surface area contributed by atoms with E-state index < -0.39 is 0 Å². The van der Waals surface area contributed by atoms with Crippen molar-refractivity contribution in [1.29, 1.82) is 0 Å². The van der Waals surface area contributed by atoms with Gasteiger partial charge in [0.1, 0.15) is 0 Å². The highest BCUT2D eigenvalue weighted by Crippen LogP contribution is 2.20. The summed E-state index contributed by atoms with van der Waals surface area (Å²) in [4.78, 5) is 2.53. The zero-order valence-electron chi connectivity index (χ0n) is 13.3. The molecule has 3 heteroatoms. The van der Waals surface area contributed by atoms with Gasteiger partial charge in [-0.3, -0.25) is 0 Å². The van der Waals surface area contributed by atoms with Crippen LogP contribution < -0.4 is 5.32 Å². The number of hydrogen-bond donors (Lipinski definition) is 1. The number of rotatable bonds is 9. The fourth-order valence-electron chi connectivity index (χ4n) is 2.53. The Morgan fingerprint density at radius 3 is 2.30 bits per heavy atom. The van der Waals surface area contributed by atoms with Gasteiger partial charge in [-0.15, -0.1) is 0 Å². The van der Waals surface area contributed by atoms with Crippen molar-refractivity contribution in [1.82, 2.24) is 10.2 Å². The lowest BCUT2D eigenvalue weighted by molar-refractivity contribution is 0.242. The van der Waals surface area contributed by atoms with Gasteiger partial charge in [0.25, 0.3) is 0 Å². The Morgan fingerprint density at radius 2 is 1.80 bits per heavy atom. The summed E-state index contributed by atoms with van der Waals surface area (Å²) in [5.41, 5.74) is 1.33. The van der Waals surface area contributed by atoms with Crippen LogP contribution in [0.3, 0.4) is 0 Å². The number of hydrogen-bond acceptors (Lipinski definition) is 2. The van der Waals surface area contributed by atoms with Crippen LogP contribution in [0.5, 0.6) is 0 Å². The van der Waals surface area contributed by atoms with Gasteiger partial charge in [-0.1, -0.05) is 51.4 Å². The first-order valence-electron chi connectivity index (χ1n) is 7.78. The third-order valence-electron chi connectivity index (χ3n) is 3.53. The summed E-state index contributed by atoms with van der Waals surface area (Å²) in [6, 6.07) is 8.64. The van der Waals surface area contributed by atoms with Crippen LogP contribution in [0.4, 0.5) is 0 Å². The standard InChI is InChI=1S/C17H29ClN2/c1-5-19-17(15-7-9-16(18)10-8-15)11-12-20(6-2)13-14(3)4/h7-10,14,17,19H,5-6,11-13H2,1-4H3. The van der Waals surface area contributed by atoms with E-state index in [4.69, 9.17) is 11.6 Å². The van der Waals surface area contributed by atoms with Crippen molar-refractivity contribution in [3.63, 3.8) is 0 Å². The molecule has 1 atom stereocenters. The van der Waals surface area contributed by atoms with Crippen LogP contribution in [-0.4, -0.2) is 31.1 Å². The van der Waals surface area contributed by atoms with E-state index in [0.29, 0.717) is 6.04 Å². The lowest BCUT2D eigenvalue weighted by Gasteiger charge is -2.26. The first-order valence-corrected chi connectivity index (χ1v) is 8.15. The summed E-state index contributed by atoms with van der Waals surface area (Å²) >= 11 is 5.97. The van der Waals surface area contributed by atoms with Gasteiger partial charge in [0.05, 0.1) is 0 Å². The first kappa shape index (κ1) is 17.5. The Balaban J connectivity index is 2.60. The van der Waals surface area contributed by atoms with Crippen molar-refractivity contribution in [2.75, 3.05) is 26.2 Å². The van der Waals surface area contributed by atoms with E-state index in [9.17, 15) is 0 Å². The molecule has 0 fully saturated rings. The highest BCUT2D eigenvalue weighted by atomic mass is 35.5. The minimum Gasteiger partial charge on any atom is -0.310 e. The van der Waals surface area contributed by atoms with Gasteiger partial charge in [-0.25, -0.2) is 0 Å². The Labute approximate surface area is 129 Å². The summed E-state index contributed by atoms with van der Waals surface area (Å²) < 4.78 is 0. The molecule has 0 heterocycles. The Morgan fingerprint density at radius 1 is 1.15 bits per heavy atom. The lowest BCUT2D eigenvalue weighted by Crippen LogP contribution is -2.32. The maximum Gasteiger partial charge on any atom is 0.0406 e. The fraction of sp³-hybridized carbons (Fsp3) is 0.647. The van der Waals surface area contributed by atoms with Gasteiger partial charge in [-0.2, -0.15) is 0 Å². The summed E-state index contributed by atoms with van der Waals surface area (Å²) in [7, 11) is 0. The van der Waals surface area contributed by atoms with Crippen LogP contribution in [0.2, 0.25) is 5.02 Å². The number of benzene rings is 1. The van der Waals surface area contributed by atoms with E-state index in [2.05, 4.69) is 50.0 Å². The molecule has 1 N–H and O–H groups in total. The lowest BCUT2D eigenvalue weighted by atomic mass is 10.0. The predicted octanol–water partition coefficient (Wildman–Crippen LogP) is 4.36. The highest BCUT2D eigenvalue weighted by molar-refractivity contribution is 6.30. The molecule has 0 bridgehead atoms. The van der Waals surface area contributed by atoms with Crippen LogP contribution in [0.1, 0.15) is 45.7 Å². The molecule has 0 saturated heterocycles. The normalized spacial score (nSPS) is 13.2. The molecule has 1 rings (SSSR count). The molecule has 0 radical (unpaired) electrons. The van der Waals surface area contributed by atoms with E-state index in [0.717, 1.165) is 37.0 Å². The van der Waals surface area contributed by atoms with Crippen LogP contribution in [-0.2, 0) is 0 Å². The molecular formula is C17H29ClN2. The molecule has 0 amide bonds. The maximum atomic E-state index is 5.97. The first-order chi connectivity index (χ1) is 9.56. The molecule has 0 saturated carbocycles. The van der Waals surface area contributed by atoms with Crippen molar-refractivity contribution >= 4 is 11.6 Å². The molecule has 0 aliphatic heterocycles. The third kappa shape index (κ3) is 6.25. The third-order valence-corrected chi connectivity index (χ3v) is 3.78. The van der Waals surface area contributed by atoms with Crippen molar-refractivity contribution in [3.05, 3.63) is 34.9 Å². The second kappa shape index (κ2) is 9.38. The average Bonchev–Trinajstić information content (AvgIpc) is 2.42. The van der Waals surface area contributed by atoms with E-state index in [1.807, 2.05) is 12.1 Å². The monoisotopic (exact) mass is 296 g/mol. The van der Waals surface area contributed by atoms with Crippen molar-refractivity contribution in [2.45, 2.75) is 40.2 Å². The summed E-state index contributed by atoms with van der Waals surface area (Å²) in [6.45, 7) is 13.4. The summed E-state index contributed by atoms with van der Waals surface area (Å²) in [5.74, 6) is 0.725. The molecule has 0 aliphatic carbocycles. The topological polar surface area (TPSA) is 15.3 Å². The van der Waals surface area contributed by atoms with Gasteiger partial charge < -0.3 is 10.2 Å². The van der Waals surface area contributed by atoms with Gasteiger partial charge >= 0.3 is 0 Å². The molecule has 0 aromatic heterocycles. The second-order valence-electron chi connectivity index (χ2n) is 5.74. The van der Waals surface area contributed by atoms with Crippen LogP contribution >= 0.6 is 11.6 Å². The zero-order chi connectivity index (χ0) is 15.0. The Hall–Kier alpha value is -0.570. The smallest absolute Gasteiger partial charge is 0.0406 e. The minimum atomic E-state index is 0.415. The minimum absolute atomic E-state index is 0.415. The van der Waals surface area contributed by atoms with Crippen molar-refractivity contribution < 1.29 is 0 Å². The SMILES string of the molecule is CCNC(CCN(CC)CC(C)C)c1ccc(Cl)cc1. The number of halogens is 1. The summed E-state index contributed by atoms with van der Waals surface area (Å²) in [6.07, 6.45) is 1.13. The number of nitrogens with zero attached hydrogens (tertiary/aromatic N) is 1. The molecular weight excluding hydrogens is 268 g/mol. The van der Waals surface area contributed by atoms with Crippen molar-refractivity contribution in [3.8, 4) is 0 Å². The van der Waals surface area contributed by atoms with Gasteiger partial charge in [-0.05, 0) is 49.7 Å². The largest absolute Gasteiger partial charge is 0.310 e. The van der Waals surface area contributed by atoms with Crippen LogP contribution in [0.15, 0.2) is 24.3 Å². The maximum absolute atomic E-state index is 5.97. The zero-order valence-corrected chi connectivity index (χ0v) is 14.1. The number of nitrogens with one attached hydrogen (secondary N) is 1. The molecule has 1 unspecified atom stereocenters. The molecule has 0 aliphatic rings. The molecule has 114 valence electrons. The average molecular weight is 297 g/mol. The highest BCUT2D eigenvalue weighted by Gasteiger charge is 2.13. The summed E-state index contributed by atoms with van der Waals surface area (Å²) in [5, 5.41) is 4.39. The molecule has 20 heavy (non-hydrogen) atoms. The van der Waals surface area contributed by atoms with Gasteiger partial charge in [0, 0.05) is 17.6 Å². The van der Waals surface area contributed by atoms with Crippen LogP contribution in [0, 0.1) is 5.92 Å². The molecule has 0 spiro atoms. The molecule has 1 aromatic carbocycles.